The summed E-state index contributed by atoms with van der Waals surface area (Å²) < 4.78 is 18.3. The monoisotopic (exact) mass is 401 g/mol. The number of hydrogen-bond acceptors (Lipinski definition) is 4. The van der Waals surface area contributed by atoms with Crippen LogP contribution >= 0.6 is 11.6 Å². The number of aromatic nitrogens is 1. The molecule has 2 N–H and O–H groups in total. The first-order valence-corrected chi connectivity index (χ1v) is 8.91. The number of nitrogens with zero attached hydrogens (tertiary/aromatic N) is 1. The van der Waals surface area contributed by atoms with Crippen LogP contribution < -0.4 is 10.6 Å². The number of amides is 2. The molecule has 2 aromatic carbocycles. The van der Waals surface area contributed by atoms with Gasteiger partial charge in [-0.2, -0.15) is 0 Å². The average molecular weight is 402 g/mol. The summed E-state index contributed by atoms with van der Waals surface area (Å²) in [6, 6.07) is 14.4. The van der Waals surface area contributed by atoms with Gasteiger partial charge in [-0.3, -0.25) is 9.59 Å². The maximum atomic E-state index is 13.1. The van der Waals surface area contributed by atoms with Crippen LogP contribution in [0.5, 0.6) is 0 Å². The fraction of sp³-hybridized carbons (Fsp3) is 0.150. The van der Waals surface area contributed by atoms with Gasteiger partial charge >= 0.3 is 0 Å². The van der Waals surface area contributed by atoms with Crippen LogP contribution in [0.25, 0.3) is 11.3 Å². The Kier molecular flexibility index (Phi) is 6.39. The lowest BCUT2D eigenvalue weighted by molar-refractivity contribution is -0.120. The van der Waals surface area contributed by atoms with Crippen molar-refractivity contribution in [1.29, 1.82) is 0 Å². The molecule has 28 heavy (non-hydrogen) atoms. The lowest BCUT2D eigenvalue weighted by atomic mass is 10.1. The van der Waals surface area contributed by atoms with Crippen LogP contribution in [-0.2, 0) is 11.2 Å². The number of carbonyl (C=O) groups excluding carboxylic acids is 2. The Morgan fingerprint density at radius 3 is 2.61 bits per heavy atom. The molecule has 1 aromatic heterocycles. The smallest absolute Gasteiger partial charge is 0.273 e. The van der Waals surface area contributed by atoms with Gasteiger partial charge < -0.3 is 15.2 Å². The van der Waals surface area contributed by atoms with E-state index in [1.807, 2.05) is 0 Å². The molecule has 3 rings (SSSR count). The highest BCUT2D eigenvalue weighted by atomic mass is 35.5. The minimum absolute atomic E-state index is 0.0674. The standard InChI is InChI=1S/C20H17ClFN3O3/c21-15-5-2-4-14(11-15)18-12-17(25-28-18)20(27)24-8-7-23-19(26)10-13-3-1-6-16(22)9-13/h1-6,9,11-12H,7-8,10H2,(H,23,26)(H,24,27). The van der Waals surface area contributed by atoms with E-state index in [1.54, 1.807) is 36.4 Å². The summed E-state index contributed by atoms with van der Waals surface area (Å²) in [5, 5.41) is 9.60. The molecule has 6 nitrogen and oxygen atoms in total. The maximum absolute atomic E-state index is 13.1. The molecular formula is C20H17ClFN3O3. The molecule has 0 aliphatic heterocycles. The Bertz CT molecular complexity index is 990. The van der Waals surface area contributed by atoms with E-state index < -0.39 is 5.91 Å². The Morgan fingerprint density at radius 2 is 1.82 bits per heavy atom. The molecule has 0 radical (unpaired) electrons. The normalized spacial score (nSPS) is 10.5. The lowest BCUT2D eigenvalue weighted by Gasteiger charge is -2.06. The highest BCUT2D eigenvalue weighted by Gasteiger charge is 2.13. The van der Waals surface area contributed by atoms with Crippen molar-refractivity contribution in [2.45, 2.75) is 6.42 Å². The first kappa shape index (κ1) is 19.6. The molecule has 0 fully saturated rings. The van der Waals surface area contributed by atoms with Crippen molar-refractivity contribution in [3.05, 3.63) is 76.7 Å². The Hall–Kier alpha value is -3.19. The zero-order chi connectivity index (χ0) is 19.9. The summed E-state index contributed by atoms with van der Waals surface area (Å²) in [7, 11) is 0. The molecule has 0 saturated carbocycles. The second-order valence-electron chi connectivity index (χ2n) is 6.00. The van der Waals surface area contributed by atoms with E-state index in [0.717, 1.165) is 0 Å². The average Bonchev–Trinajstić information content (AvgIpc) is 3.15. The number of hydrogen-bond donors (Lipinski definition) is 2. The molecule has 8 heteroatoms. The van der Waals surface area contributed by atoms with Crippen LogP contribution in [-0.4, -0.2) is 30.1 Å². The van der Waals surface area contributed by atoms with Crippen LogP contribution in [0.3, 0.4) is 0 Å². The summed E-state index contributed by atoms with van der Waals surface area (Å²) in [4.78, 5) is 24.0. The van der Waals surface area contributed by atoms with Crippen LogP contribution in [0.15, 0.2) is 59.1 Å². The van der Waals surface area contributed by atoms with Crippen LogP contribution in [0, 0.1) is 5.82 Å². The lowest BCUT2D eigenvalue weighted by Crippen LogP contribution is -2.35. The van der Waals surface area contributed by atoms with Crippen molar-refractivity contribution >= 4 is 23.4 Å². The van der Waals surface area contributed by atoms with Crippen LogP contribution in [0.4, 0.5) is 4.39 Å². The fourth-order valence-corrected chi connectivity index (χ4v) is 2.71. The van der Waals surface area contributed by atoms with Gasteiger partial charge in [0.15, 0.2) is 11.5 Å². The predicted molar refractivity (Wildman–Crippen MR) is 102 cm³/mol. The van der Waals surface area contributed by atoms with Crippen molar-refractivity contribution in [3.8, 4) is 11.3 Å². The number of nitrogens with one attached hydrogen (secondary N) is 2. The minimum atomic E-state index is -0.420. The van der Waals surface area contributed by atoms with Crippen LogP contribution in [0.2, 0.25) is 5.02 Å². The van der Waals surface area contributed by atoms with Gasteiger partial charge in [0, 0.05) is 29.7 Å². The molecule has 0 atom stereocenters. The van der Waals surface area contributed by atoms with E-state index in [4.69, 9.17) is 16.1 Å². The quantitative estimate of drug-likeness (QED) is 0.595. The first-order valence-electron chi connectivity index (χ1n) is 8.53. The summed E-state index contributed by atoms with van der Waals surface area (Å²) in [6.45, 7) is 0.450. The number of halogens is 2. The second-order valence-corrected chi connectivity index (χ2v) is 6.44. The van der Waals surface area contributed by atoms with Crippen molar-refractivity contribution in [3.63, 3.8) is 0 Å². The molecule has 0 aliphatic rings. The molecule has 0 spiro atoms. The summed E-state index contributed by atoms with van der Waals surface area (Å²) in [5.74, 6) is -0.640. The van der Waals surface area contributed by atoms with E-state index >= 15 is 0 Å². The SMILES string of the molecule is O=C(Cc1cccc(F)c1)NCCNC(=O)c1cc(-c2cccc(Cl)c2)on1. The summed E-state index contributed by atoms with van der Waals surface area (Å²) in [6.07, 6.45) is 0.0674. The van der Waals surface area contributed by atoms with E-state index in [0.29, 0.717) is 21.9 Å². The number of rotatable bonds is 7. The van der Waals surface area contributed by atoms with E-state index in [-0.39, 0.29) is 36.9 Å². The van der Waals surface area contributed by atoms with Gasteiger partial charge in [0.2, 0.25) is 5.91 Å². The van der Waals surface area contributed by atoms with Crippen molar-refractivity contribution in [1.82, 2.24) is 15.8 Å². The number of carbonyl (C=O) groups is 2. The van der Waals surface area contributed by atoms with Gasteiger partial charge in [0.1, 0.15) is 5.82 Å². The molecule has 2 amide bonds. The third-order valence-electron chi connectivity index (χ3n) is 3.84. The van der Waals surface area contributed by atoms with Crippen molar-refractivity contribution in [2.75, 3.05) is 13.1 Å². The molecule has 0 unspecified atom stereocenters. The largest absolute Gasteiger partial charge is 0.355 e. The van der Waals surface area contributed by atoms with Gasteiger partial charge in [-0.1, -0.05) is 41.0 Å². The van der Waals surface area contributed by atoms with Gasteiger partial charge in [-0.05, 0) is 29.8 Å². The fourth-order valence-electron chi connectivity index (χ4n) is 2.52. The van der Waals surface area contributed by atoms with E-state index in [2.05, 4.69) is 15.8 Å². The Morgan fingerprint density at radius 1 is 1.04 bits per heavy atom. The third-order valence-corrected chi connectivity index (χ3v) is 4.07. The molecule has 1 heterocycles. The first-order chi connectivity index (χ1) is 13.5. The molecule has 144 valence electrons. The Balaban J connectivity index is 1.44. The van der Waals surface area contributed by atoms with Gasteiger partial charge in [-0.25, -0.2) is 4.39 Å². The topological polar surface area (TPSA) is 84.2 Å². The molecular weight excluding hydrogens is 385 g/mol. The van der Waals surface area contributed by atoms with Gasteiger partial charge in [-0.15, -0.1) is 0 Å². The van der Waals surface area contributed by atoms with Gasteiger partial charge in [0.05, 0.1) is 6.42 Å². The number of benzene rings is 2. The van der Waals surface area contributed by atoms with E-state index in [1.165, 1.54) is 18.2 Å². The highest BCUT2D eigenvalue weighted by molar-refractivity contribution is 6.30. The van der Waals surface area contributed by atoms with Crippen LogP contribution in [0.1, 0.15) is 16.1 Å². The summed E-state index contributed by atoms with van der Waals surface area (Å²) in [5.41, 5.74) is 1.42. The van der Waals surface area contributed by atoms with E-state index in [9.17, 15) is 14.0 Å². The summed E-state index contributed by atoms with van der Waals surface area (Å²) >= 11 is 5.94. The minimum Gasteiger partial charge on any atom is -0.355 e. The maximum Gasteiger partial charge on any atom is 0.273 e. The second kappa shape index (κ2) is 9.14. The predicted octanol–water partition coefficient (Wildman–Crippen LogP) is 3.22. The van der Waals surface area contributed by atoms with Gasteiger partial charge in [0.25, 0.3) is 5.91 Å². The molecule has 0 saturated heterocycles. The zero-order valence-electron chi connectivity index (χ0n) is 14.7. The molecule has 3 aromatic rings. The highest BCUT2D eigenvalue weighted by Crippen LogP contribution is 2.23. The van der Waals surface area contributed by atoms with Crippen molar-refractivity contribution < 1.29 is 18.5 Å². The van der Waals surface area contributed by atoms with Crippen molar-refractivity contribution in [2.24, 2.45) is 0 Å². The zero-order valence-corrected chi connectivity index (χ0v) is 15.5. The third kappa shape index (κ3) is 5.40. The molecule has 0 bridgehead atoms. The molecule has 0 aliphatic carbocycles. The Labute approximate surface area is 165 Å².